The molecule has 0 aromatic carbocycles. The second-order valence-electron chi connectivity index (χ2n) is 4.02. The number of likely N-dealkylation sites (tertiary alicyclic amines) is 1. The van der Waals surface area contributed by atoms with Crippen molar-refractivity contribution in [2.75, 3.05) is 20.2 Å². The van der Waals surface area contributed by atoms with Crippen molar-refractivity contribution in [2.45, 2.75) is 31.8 Å². The zero-order chi connectivity index (χ0) is 14.1. The molecular weight excluding hydrogens is 236 g/mol. The van der Waals surface area contributed by atoms with E-state index in [0.29, 0.717) is 13.0 Å². The molecule has 2 amide bonds. The predicted molar refractivity (Wildman–Crippen MR) is 65.1 cm³/mol. The Bertz CT molecular complexity index is 327. The quantitative estimate of drug-likeness (QED) is 0.572. The predicted octanol–water partition coefficient (Wildman–Crippen LogP) is -1.43. The largest absolute Gasteiger partial charge is 0.400 e. The molecule has 0 aromatic rings. The van der Waals surface area contributed by atoms with Crippen LogP contribution in [0.15, 0.2) is 0 Å². The number of nitriles is 1. The Morgan fingerprint density at radius 2 is 2.11 bits per heavy atom. The smallest absolute Gasteiger partial charge is 0.231 e. The van der Waals surface area contributed by atoms with Gasteiger partial charge in [0.05, 0.1) is 18.7 Å². The highest BCUT2D eigenvalue weighted by Gasteiger charge is 2.29. The number of hydrogen-bond acceptors (Lipinski definition) is 5. The number of carbonyl (C=O) groups excluding carboxylic acids is 2. The second kappa shape index (κ2) is 8.44. The Morgan fingerprint density at radius 3 is 2.56 bits per heavy atom. The summed E-state index contributed by atoms with van der Waals surface area (Å²) in [5.41, 5.74) is 5.11. The number of hydrogen-bond donors (Lipinski definition) is 3. The molecule has 0 spiro atoms. The van der Waals surface area contributed by atoms with Crippen molar-refractivity contribution in [3.63, 3.8) is 0 Å². The lowest BCUT2D eigenvalue weighted by Gasteiger charge is -2.35. The van der Waals surface area contributed by atoms with Gasteiger partial charge in [0, 0.05) is 26.6 Å². The van der Waals surface area contributed by atoms with Crippen molar-refractivity contribution in [3.8, 4) is 6.07 Å². The van der Waals surface area contributed by atoms with Gasteiger partial charge in [-0.2, -0.15) is 5.26 Å². The molecule has 4 N–H and O–H groups in total. The normalized spacial score (nSPS) is 23.2. The number of nitrogens with two attached hydrogens (primary N) is 1. The number of amides is 2. The highest BCUT2D eigenvalue weighted by atomic mass is 16.2. The van der Waals surface area contributed by atoms with Gasteiger partial charge >= 0.3 is 0 Å². The van der Waals surface area contributed by atoms with Gasteiger partial charge in [0.1, 0.15) is 0 Å². The van der Waals surface area contributed by atoms with Gasteiger partial charge in [-0.25, -0.2) is 0 Å². The fourth-order valence-electron chi connectivity index (χ4n) is 1.97. The van der Waals surface area contributed by atoms with E-state index in [1.54, 1.807) is 4.90 Å². The van der Waals surface area contributed by atoms with Crippen molar-refractivity contribution in [1.82, 2.24) is 10.2 Å². The Kier molecular flexibility index (Phi) is 7.67. The van der Waals surface area contributed by atoms with Gasteiger partial charge < -0.3 is 16.2 Å². The molecule has 1 saturated heterocycles. The van der Waals surface area contributed by atoms with Crippen LogP contribution in [0.2, 0.25) is 0 Å². The number of aliphatic hydroxyl groups excluding tert-OH is 1. The first-order chi connectivity index (χ1) is 8.52. The van der Waals surface area contributed by atoms with Crippen LogP contribution in [0.25, 0.3) is 0 Å². The number of carbonyl (C=O) groups is 2. The number of primary amides is 1. The third kappa shape index (κ3) is 5.61. The average molecular weight is 256 g/mol. The SMILES string of the molecule is CC(=O)NC1CCC(C#N)N(CC(N)=O)C1.CO. The highest BCUT2D eigenvalue weighted by Crippen LogP contribution is 2.16. The molecule has 2 unspecified atom stereocenters. The van der Waals surface area contributed by atoms with Gasteiger partial charge in [0.2, 0.25) is 11.8 Å². The molecule has 2 atom stereocenters. The number of nitrogens with one attached hydrogen (secondary N) is 1. The van der Waals surface area contributed by atoms with Crippen LogP contribution in [-0.2, 0) is 9.59 Å². The third-order valence-corrected chi connectivity index (χ3v) is 2.60. The highest BCUT2D eigenvalue weighted by molar-refractivity contribution is 5.76. The standard InChI is InChI=1S/C10H16N4O2.CH4O/c1-7(15)13-8-2-3-9(4-11)14(5-8)6-10(12)16;1-2/h8-9H,2-3,5-6H2,1H3,(H2,12,16)(H,13,15);2H,1H3. The minimum Gasteiger partial charge on any atom is -0.400 e. The van der Waals surface area contributed by atoms with Gasteiger partial charge in [-0.1, -0.05) is 0 Å². The van der Waals surface area contributed by atoms with Crippen LogP contribution in [0, 0.1) is 11.3 Å². The molecule has 0 saturated carbocycles. The Hall–Kier alpha value is -1.65. The summed E-state index contributed by atoms with van der Waals surface area (Å²) in [4.78, 5) is 23.5. The molecule has 1 rings (SSSR count). The maximum absolute atomic E-state index is 10.9. The molecule has 1 aliphatic heterocycles. The summed E-state index contributed by atoms with van der Waals surface area (Å²) in [6.07, 6.45) is 1.40. The van der Waals surface area contributed by atoms with Crippen molar-refractivity contribution in [1.29, 1.82) is 5.26 Å². The monoisotopic (exact) mass is 256 g/mol. The summed E-state index contributed by atoms with van der Waals surface area (Å²) in [7, 11) is 1.00. The van der Waals surface area contributed by atoms with E-state index in [1.165, 1.54) is 6.92 Å². The lowest BCUT2D eigenvalue weighted by atomic mass is 9.99. The fourth-order valence-corrected chi connectivity index (χ4v) is 1.97. The van der Waals surface area contributed by atoms with Crippen molar-refractivity contribution in [2.24, 2.45) is 5.73 Å². The Balaban J connectivity index is 0.00000137. The number of nitrogens with zero attached hydrogens (tertiary/aromatic N) is 2. The van der Waals surface area contributed by atoms with E-state index >= 15 is 0 Å². The molecule has 0 aromatic heterocycles. The van der Waals surface area contributed by atoms with Crippen LogP contribution in [0.1, 0.15) is 19.8 Å². The molecule has 1 aliphatic rings. The Morgan fingerprint density at radius 1 is 1.50 bits per heavy atom. The van der Waals surface area contributed by atoms with E-state index in [0.717, 1.165) is 13.5 Å². The van der Waals surface area contributed by atoms with Crippen LogP contribution >= 0.6 is 0 Å². The zero-order valence-electron chi connectivity index (χ0n) is 10.7. The van der Waals surface area contributed by atoms with E-state index < -0.39 is 5.91 Å². The molecule has 0 bridgehead atoms. The van der Waals surface area contributed by atoms with Gasteiger partial charge in [-0.15, -0.1) is 0 Å². The number of rotatable bonds is 3. The summed E-state index contributed by atoms with van der Waals surface area (Å²) >= 11 is 0. The minimum absolute atomic E-state index is 0.00134. The van der Waals surface area contributed by atoms with Crippen molar-refractivity contribution >= 4 is 11.8 Å². The molecule has 0 aliphatic carbocycles. The number of piperidine rings is 1. The third-order valence-electron chi connectivity index (χ3n) is 2.60. The van der Waals surface area contributed by atoms with E-state index in [-0.39, 0.29) is 24.5 Å². The van der Waals surface area contributed by atoms with Crippen LogP contribution in [-0.4, -0.2) is 54.1 Å². The summed E-state index contributed by atoms with van der Waals surface area (Å²) < 4.78 is 0. The van der Waals surface area contributed by atoms with Gasteiger partial charge in [-0.3, -0.25) is 14.5 Å². The van der Waals surface area contributed by atoms with E-state index in [2.05, 4.69) is 11.4 Å². The first-order valence-electron chi connectivity index (χ1n) is 5.66. The van der Waals surface area contributed by atoms with Crippen LogP contribution < -0.4 is 11.1 Å². The Labute approximate surface area is 107 Å². The van der Waals surface area contributed by atoms with Crippen molar-refractivity contribution in [3.05, 3.63) is 0 Å². The van der Waals surface area contributed by atoms with Crippen LogP contribution in [0.4, 0.5) is 0 Å². The number of aliphatic hydroxyl groups is 1. The summed E-state index contributed by atoms with van der Waals surface area (Å²) in [5, 5.41) is 18.7. The first kappa shape index (κ1) is 16.4. The molecular formula is C11H20N4O3. The molecule has 7 heteroatoms. The van der Waals surface area contributed by atoms with E-state index in [9.17, 15) is 9.59 Å². The fraction of sp³-hybridized carbons (Fsp3) is 0.727. The maximum Gasteiger partial charge on any atom is 0.231 e. The maximum atomic E-state index is 10.9. The van der Waals surface area contributed by atoms with Gasteiger partial charge in [0.15, 0.2) is 0 Å². The van der Waals surface area contributed by atoms with Crippen LogP contribution in [0.3, 0.4) is 0 Å². The molecule has 1 fully saturated rings. The topological polar surface area (TPSA) is 119 Å². The lowest BCUT2D eigenvalue weighted by Crippen LogP contribution is -2.53. The molecule has 0 radical (unpaired) electrons. The zero-order valence-corrected chi connectivity index (χ0v) is 10.7. The minimum atomic E-state index is -0.455. The lowest BCUT2D eigenvalue weighted by molar-refractivity contribution is -0.120. The molecule has 102 valence electrons. The summed E-state index contributed by atoms with van der Waals surface area (Å²) in [6, 6.07) is 1.86. The summed E-state index contributed by atoms with van der Waals surface area (Å²) in [6.45, 7) is 2.02. The average Bonchev–Trinajstić information content (AvgIpc) is 2.30. The molecule has 1 heterocycles. The first-order valence-corrected chi connectivity index (χ1v) is 5.66. The summed E-state index contributed by atoms with van der Waals surface area (Å²) in [5.74, 6) is -0.553. The van der Waals surface area contributed by atoms with E-state index in [4.69, 9.17) is 16.1 Å². The van der Waals surface area contributed by atoms with Gasteiger partial charge in [0.25, 0.3) is 0 Å². The molecule has 7 nitrogen and oxygen atoms in total. The second-order valence-corrected chi connectivity index (χ2v) is 4.02. The molecule has 18 heavy (non-hydrogen) atoms. The van der Waals surface area contributed by atoms with Crippen molar-refractivity contribution < 1.29 is 14.7 Å². The van der Waals surface area contributed by atoms with E-state index in [1.807, 2.05) is 0 Å². The van der Waals surface area contributed by atoms with Gasteiger partial charge in [-0.05, 0) is 12.8 Å². The van der Waals surface area contributed by atoms with Crippen LogP contribution in [0.5, 0.6) is 0 Å².